The lowest BCUT2D eigenvalue weighted by Gasteiger charge is -2.15. The highest BCUT2D eigenvalue weighted by Crippen LogP contribution is 2.28. The maximum absolute atomic E-state index is 13.0. The molecule has 1 heterocycles. The van der Waals surface area contributed by atoms with Crippen LogP contribution in [-0.2, 0) is 4.74 Å². The van der Waals surface area contributed by atoms with E-state index in [0.29, 0.717) is 22.3 Å². The SMILES string of the molecule is CO[C@H](c1ccc(F)cc1)c1nc(O)c2ccccc2n1. The van der Waals surface area contributed by atoms with Crippen LogP contribution in [0.1, 0.15) is 17.5 Å². The standard InChI is InChI=1S/C16H13FN2O2/c1-21-14(10-6-8-11(17)9-7-10)15-18-13-5-3-2-4-12(13)16(20)19-15/h2-9,14H,1H3,(H,18,19,20)/t14-/m1/s1. The Balaban J connectivity index is 2.10. The Hall–Kier alpha value is -2.53. The van der Waals surface area contributed by atoms with Crippen molar-refractivity contribution in [3.05, 3.63) is 65.7 Å². The molecule has 0 aliphatic rings. The number of ether oxygens (including phenoxy) is 1. The average Bonchev–Trinajstić information content (AvgIpc) is 2.50. The fraction of sp³-hybridized carbons (Fsp3) is 0.125. The zero-order valence-corrected chi connectivity index (χ0v) is 11.3. The van der Waals surface area contributed by atoms with E-state index in [1.165, 1.54) is 19.2 Å². The van der Waals surface area contributed by atoms with E-state index in [4.69, 9.17) is 4.74 Å². The molecule has 1 N–H and O–H groups in total. The first-order valence-electron chi connectivity index (χ1n) is 6.43. The number of aromatic nitrogens is 2. The van der Waals surface area contributed by atoms with E-state index in [1.807, 2.05) is 6.07 Å². The fourth-order valence-electron chi connectivity index (χ4n) is 2.22. The van der Waals surface area contributed by atoms with Crippen LogP contribution >= 0.6 is 0 Å². The van der Waals surface area contributed by atoms with Crippen LogP contribution in [0.4, 0.5) is 4.39 Å². The number of nitrogens with zero attached hydrogens (tertiary/aromatic N) is 2. The van der Waals surface area contributed by atoms with Gasteiger partial charge >= 0.3 is 0 Å². The number of methoxy groups -OCH3 is 1. The van der Waals surface area contributed by atoms with Gasteiger partial charge in [-0.3, -0.25) is 0 Å². The quantitative estimate of drug-likeness (QED) is 0.802. The van der Waals surface area contributed by atoms with Gasteiger partial charge in [-0.25, -0.2) is 9.37 Å². The van der Waals surface area contributed by atoms with Crippen LogP contribution in [-0.4, -0.2) is 22.2 Å². The van der Waals surface area contributed by atoms with Gasteiger partial charge in [-0.15, -0.1) is 0 Å². The molecule has 5 heteroatoms. The lowest BCUT2D eigenvalue weighted by atomic mass is 10.1. The van der Waals surface area contributed by atoms with Gasteiger partial charge in [-0.05, 0) is 29.8 Å². The number of benzene rings is 2. The Morgan fingerprint density at radius 3 is 2.48 bits per heavy atom. The Kier molecular flexibility index (Phi) is 3.50. The van der Waals surface area contributed by atoms with Gasteiger partial charge < -0.3 is 9.84 Å². The molecule has 4 nitrogen and oxygen atoms in total. The molecule has 0 radical (unpaired) electrons. The number of hydrogen-bond acceptors (Lipinski definition) is 4. The van der Waals surface area contributed by atoms with E-state index in [2.05, 4.69) is 9.97 Å². The Morgan fingerprint density at radius 1 is 1.05 bits per heavy atom. The first-order valence-corrected chi connectivity index (χ1v) is 6.43. The van der Waals surface area contributed by atoms with Crippen molar-refractivity contribution in [2.24, 2.45) is 0 Å². The third-order valence-corrected chi connectivity index (χ3v) is 3.24. The molecule has 0 bridgehead atoms. The van der Waals surface area contributed by atoms with Crippen molar-refractivity contribution in [1.29, 1.82) is 0 Å². The molecular weight excluding hydrogens is 271 g/mol. The van der Waals surface area contributed by atoms with Gasteiger partial charge in [0.15, 0.2) is 5.82 Å². The summed E-state index contributed by atoms with van der Waals surface area (Å²) in [5.74, 6) is -0.0871. The number of fused-ring (bicyclic) bond motifs is 1. The molecule has 0 amide bonds. The molecule has 3 aromatic rings. The Labute approximate surface area is 120 Å². The summed E-state index contributed by atoms with van der Waals surface area (Å²) in [6.45, 7) is 0. The molecule has 1 aromatic heterocycles. The summed E-state index contributed by atoms with van der Waals surface area (Å²) in [7, 11) is 1.52. The number of hydrogen-bond donors (Lipinski definition) is 1. The lowest BCUT2D eigenvalue weighted by Crippen LogP contribution is -2.08. The minimum Gasteiger partial charge on any atom is -0.493 e. The molecule has 1 atom stereocenters. The highest BCUT2D eigenvalue weighted by molar-refractivity contribution is 5.83. The van der Waals surface area contributed by atoms with Crippen molar-refractivity contribution in [3.63, 3.8) is 0 Å². The van der Waals surface area contributed by atoms with Crippen LogP contribution in [0.3, 0.4) is 0 Å². The van der Waals surface area contributed by atoms with E-state index >= 15 is 0 Å². The second-order valence-corrected chi connectivity index (χ2v) is 4.59. The Morgan fingerprint density at radius 2 is 1.76 bits per heavy atom. The zero-order valence-electron chi connectivity index (χ0n) is 11.3. The molecule has 106 valence electrons. The van der Waals surface area contributed by atoms with Gasteiger partial charge in [-0.1, -0.05) is 24.3 Å². The second-order valence-electron chi connectivity index (χ2n) is 4.59. The number of aromatic hydroxyl groups is 1. The molecule has 0 aliphatic carbocycles. The van der Waals surface area contributed by atoms with Gasteiger partial charge in [0.25, 0.3) is 0 Å². The van der Waals surface area contributed by atoms with Gasteiger partial charge in [0.1, 0.15) is 11.9 Å². The molecule has 0 fully saturated rings. The van der Waals surface area contributed by atoms with E-state index < -0.39 is 6.10 Å². The van der Waals surface area contributed by atoms with Crippen LogP contribution in [0.25, 0.3) is 10.9 Å². The van der Waals surface area contributed by atoms with E-state index in [9.17, 15) is 9.50 Å². The van der Waals surface area contributed by atoms with Crippen molar-refractivity contribution in [1.82, 2.24) is 9.97 Å². The predicted octanol–water partition coefficient (Wildman–Crippen LogP) is 3.21. The summed E-state index contributed by atoms with van der Waals surface area (Å²) in [4.78, 5) is 8.51. The maximum atomic E-state index is 13.0. The monoisotopic (exact) mass is 284 g/mol. The molecule has 2 aromatic carbocycles. The van der Waals surface area contributed by atoms with Gasteiger partial charge in [0, 0.05) is 7.11 Å². The normalized spacial score (nSPS) is 12.5. The number of halogens is 1. The summed E-state index contributed by atoms with van der Waals surface area (Å²) in [5, 5.41) is 10.6. The number of rotatable bonds is 3. The minimum atomic E-state index is -0.568. The zero-order chi connectivity index (χ0) is 14.8. The van der Waals surface area contributed by atoms with Crippen LogP contribution in [0.2, 0.25) is 0 Å². The molecule has 0 spiro atoms. The maximum Gasteiger partial charge on any atom is 0.222 e. The molecule has 3 rings (SSSR count). The van der Waals surface area contributed by atoms with Gasteiger partial charge in [-0.2, -0.15) is 4.98 Å². The third-order valence-electron chi connectivity index (χ3n) is 3.24. The summed E-state index contributed by atoms with van der Waals surface area (Å²) >= 11 is 0. The van der Waals surface area contributed by atoms with Crippen molar-refractivity contribution >= 4 is 10.9 Å². The molecule has 0 saturated heterocycles. The largest absolute Gasteiger partial charge is 0.493 e. The van der Waals surface area contributed by atoms with Crippen LogP contribution < -0.4 is 0 Å². The lowest BCUT2D eigenvalue weighted by molar-refractivity contribution is 0.128. The van der Waals surface area contributed by atoms with E-state index in [0.717, 1.165) is 0 Å². The molecule has 0 unspecified atom stereocenters. The van der Waals surface area contributed by atoms with E-state index in [-0.39, 0.29) is 11.7 Å². The van der Waals surface area contributed by atoms with E-state index in [1.54, 1.807) is 30.3 Å². The highest BCUT2D eigenvalue weighted by Gasteiger charge is 2.18. The first kappa shape index (κ1) is 13.5. The first-order chi connectivity index (χ1) is 10.2. The van der Waals surface area contributed by atoms with Crippen molar-refractivity contribution in [2.75, 3.05) is 7.11 Å². The summed E-state index contributed by atoms with van der Waals surface area (Å²) in [6, 6.07) is 13.1. The summed E-state index contributed by atoms with van der Waals surface area (Å²) < 4.78 is 18.4. The minimum absolute atomic E-state index is 0.0974. The summed E-state index contributed by atoms with van der Waals surface area (Å²) in [6.07, 6.45) is -0.568. The molecule has 21 heavy (non-hydrogen) atoms. The highest BCUT2D eigenvalue weighted by atomic mass is 19.1. The smallest absolute Gasteiger partial charge is 0.222 e. The second kappa shape index (κ2) is 5.46. The van der Waals surface area contributed by atoms with Crippen LogP contribution in [0.15, 0.2) is 48.5 Å². The Bertz CT molecular complexity index is 775. The predicted molar refractivity (Wildman–Crippen MR) is 76.5 cm³/mol. The topological polar surface area (TPSA) is 55.2 Å². The number of para-hydroxylation sites is 1. The van der Waals surface area contributed by atoms with Gasteiger partial charge in [0.2, 0.25) is 5.88 Å². The third kappa shape index (κ3) is 2.55. The molecule has 0 aliphatic heterocycles. The average molecular weight is 284 g/mol. The summed E-state index contributed by atoms with van der Waals surface area (Å²) in [5.41, 5.74) is 1.35. The van der Waals surface area contributed by atoms with Crippen molar-refractivity contribution in [3.8, 4) is 5.88 Å². The van der Waals surface area contributed by atoms with Gasteiger partial charge in [0.05, 0.1) is 10.9 Å². The fourth-order valence-corrected chi connectivity index (χ4v) is 2.22. The van der Waals surface area contributed by atoms with Crippen molar-refractivity contribution < 1.29 is 14.2 Å². The van der Waals surface area contributed by atoms with Crippen LogP contribution in [0, 0.1) is 5.82 Å². The van der Waals surface area contributed by atoms with Crippen molar-refractivity contribution in [2.45, 2.75) is 6.10 Å². The van der Waals surface area contributed by atoms with Crippen LogP contribution in [0.5, 0.6) is 5.88 Å². The molecular formula is C16H13FN2O2. The molecule has 0 saturated carbocycles.